The van der Waals surface area contributed by atoms with Gasteiger partial charge in [-0.1, -0.05) is 57.2 Å². The van der Waals surface area contributed by atoms with E-state index in [-0.39, 0.29) is 41.7 Å². The molecule has 0 aliphatic carbocycles. The first kappa shape index (κ1) is 31.1. The highest BCUT2D eigenvalue weighted by atomic mass is 19.4. The molecule has 41 heavy (non-hydrogen) atoms. The molecule has 0 aliphatic heterocycles. The van der Waals surface area contributed by atoms with E-state index in [1.165, 1.54) is 24.3 Å². The lowest BCUT2D eigenvalue weighted by Crippen LogP contribution is -2.26. The summed E-state index contributed by atoms with van der Waals surface area (Å²) in [5.41, 5.74) is 2.06. The number of aliphatic carboxylic acids is 1. The third-order valence-electron chi connectivity index (χ3n) is 6.35. The quantitative estimate of drug-likeness (QED) is 0.261. The van der Waals surface area contributed by atoms with Gasteiger partial charge in [-0.25, -0.2) is 0 Å². The van der Waals surface area contributed by atoms with Crippen LogP contribution in [0, 0.1) is 0 Å². The van der Waals surface area contributed by atoms with E-state index in [1.54, 1.807) is 24.3 Å². The van der Waals surface area contributed by atoms with E-state index >= 15 is 0 Å². The maximum atomic E-state index is 13.7. The minimum absolute atomic E-state index is 0.0527. The first-order valence-electron chi connectivity index (χ1n) is 12.8. The molecule has 0 aromatic heterocycles. The molecule has 2 N–H and O–H groups in total. The number of carboxylic acid groups (broad SMARTS) is 1. The summed E-state index contributed by atoms with van der Waals surface area (Å²) in [5.74, 6) is -3.77. The normalized spacial score (nSPS) is 12.3. The third-order valence-corrected chi connectivity index (χ3v) is 6.35. The smallest absolute Gasteiger partial charge is 0.481 e. The van der Waals surface area contributed by atoms with Crippen molar-refractivity contribution in [2.45, 2.75) is 51.3 Å². The number of hydrogen-bond donors (Lipinski definition) is 2. The number of ether oxygens (including phenoxy) is 1. The highest BCUT2D eigenvalue weighted by Gasteiger charge is 2.31. The summed E-state index contributed by atoms with van der Waals surface area (Å²) in [6, 6.07) is 17.6. The van der Waals surface area contributed by atoms with Gasteiger partial charge >= 0.3 is 12.3 Å². The Morgan fingerprint density at radius 2 is 1.34 bits per heavy atom. The third kappa shape index (κ3) is 9.02. The zero-order valence-corrected chi connectivity index (χ0v) is 22.7. The molecule has 216 valence electrons. The maximum Gasteiger partial charge on any atom is 0.573 e. The Labute approximate surface area is 235 Å². The summed E-state index contributed by atoms with van der Waals surface area (Å²) in [7, 11) is 0. The van der Waals surface area contributed by atoms with Crippen LogP contribution in [-0.4, -0.2) is 41.5 Å². The molecule has 7 nitrogen and oxygen atoms in total. The van der Waals surface area contributed by atoms with Gasteiger partial charge in [0.1, 0.15) is 5.75 Å². The topological polar surface area (TPSA) is 110 Å². The average Bonchev–Trinajstić information content (AvgIpc) is 2.90. The van der Waals surface area contributed by atoms with Gasteiger partial charge in [-0.15, -0.1) is 13.2 Å². The van der Waals surface area contributed by atoms with Gasteiger partial charge in [0.05, 0.1) is 12.3 Å². The van der Waals surface area contributed by atoms with Gasteiger partial charge in [0, 0.05) is 29.7 Å². The predicted octanol–water partition coefficient (Wildman–Crippen LogP) is 6.33. The number of benzene rings is 3. The lowest BCUT2D eigenvalue weighted by molar-refractivity contribution is -0.274. The number of ketones is 2. The Kier molecular flexibility index (Phi) is 9.70. The van der Waals surface area contributed by atoms with Crippen LogP contribution >= 0.6 is 0 Å². The van der Waals surface area contributed by atoms with E-state index in [9.17, 15) is 32.3 Å². The number of rotatable bonds is 11. The fraction of sp³-hybridized carbons (Fsp3) is 0.290. The van der Waals surface area contributed by atoms with Crippen LogP contribution in [0.3, 0.4) is 0 Å². The molecule has 0 aliphatic rings. The Morgan fingerprint density at radius 3 is 1.85 bits per heavy atom. The standard InChI is InChI=1S/C31H30F3NO6/c1-30(2,3)23-12-8-21(9-13-23)28(39)25(18-26(36)20-10-14-24(15-11-20)41-31(32,33)34)19-4-6-22(7-5-19)29(40)35-17-16-27(37)38/h4-15,25H,16-18H2,1-3H3,(H,35,40)(H,37,38). The first-order chi connectivity index (χ1) is 19.1. The van der Waals surface area contributed by atoms with Crippen LogP contribution in [0.1, 0.15) is 81.7 Å². The molecule has 1 atom stereocenters. The molecule has 0 radical (unpaired) electrons. The highest BCUT2D eigenvalue weighted by Crippen LogP contribution is 2.30. The van der Waals surface area contributed by atoms with E-state index in [0.29, 0.717) is 11.1 Å². The summed E-state index contributed by atoms with van der Waals surface area (Å²) >= 11 is 0. The fourth-order valence-corrected chi connectivity index (χ4v) is 4.10. The summed E-state index contributed by atoms with van der Waals surface area (Å²) in [4.78, 5) is 49.9. The molecule has 3 rings (SSSR count). The van der Waals surface area contributed by atoms with Crippen LogP contribution in [0.4, 0.5) is 13.2 Å². The largest absolute Gasteiger partial charge is 0.573 e. The van der Waals surface area contributed by atoms with Crippen LogP contribution in [-0.2, 0) is 10.2 Å². The van der Waals surface area contributed by atoms with Crippen LogP contribution in [0.25, 0.3) is 0 Å². The average molecular weight is 570 g/mol. The van der Waals surface area contributed by atoms with Crippen LogP contribution in [0.5, 0.6) is 5.75 Å². The molecule has 10 heteroatoms. The van der Waals surface area contributed by atoms with Gasteiger partial charge in [0.15, 0.2) is 11.6 Å². The van der Waals surface area contributed by atoms with E-state index in [1.807, 2.05) is 32.9 Å². The number of hydrogen-bond acceptors (Lipinski definition) is 5. The number of carbonyl (C=O) groups excluding carboxylic acids is 3. The van der Waals surface area contributed by atoms with Crippen molar-refractivity contribution in [1.29, 1.82) is 0 Å². The second kappa shape index (κ2) is 12.8. The maximum absolute atomic E-state index is 13.7. The fourth-order valence-electron chi connectivity index (χ4n) is 4.10. The van der Waals surface area contributed by atoms with E-state index in [2.05, 4.69) is 10.1 Å². The van der Waals surface area contributed by atoms with Crippen molar-refractivity contribution in [2.75, 3.05) is 6.54 Å². The zero-order valence-electron chi connectivity index (χ0n) is 22.7. The number of Topliss-reactive ketones (excluding diaryl/α,β-unsaturated/α-hetero) is 2. The van der Waals surface area contributed by atoms with Crippen molar-refractivity contribution in [3.05, 3.63) is 101 Å². The molecular formula is C31H30F3NO6. The van der Waals surface area contributed by atoms with Crippen molar-refractivity contribution in [1.82, 2.24) is 5.32 Å². The number of nitrogens with one attached hydrogen (secondary N) is 1. The monoisotopic (exact) mass is 569 g/mol. The van der Waals surface area contributed by atoms with E-state index in [4.69, 9.17) is 5.11 Å². The second-order valence-electron chi connectivity index (χ2n) is 10.5. The Bertz CT molecular complexity index is 1390. The van der Waals surface area contributed by atoms with Crippen LogP contribution in [0.15, 0.2) is 72.8 Å². The van der Waals surface area contributed by atoms with Gasteiger partial charge in [0.2, 0.25) is 0 Å². The van der Waals surface area contributed by atoms with Gasteiger partial charge in [-0.3, -0.25) is 19.2 Å². The number of halogens is 3. The van der Waals surface area contributed by atoms with E-state index < -0.39 is 35.7 Å². The minimum Gasteiger partial charge on any atom is -0.481 e. The summed E-state index contributed by atoms with van der Waals surface area (Å²) in [5, 5.41) is 11.2. The lowest BCUT2D eigenvalue weighted by Gasteiger charge is -2.20. The summed E-state index contributed by atoms with van der Waals surface area (Å²) < 4.78 is 41.3. The molecule has 0 saturated heterocycles. The van der Waals surface area contributed by atoms with Crippen molar-refractivity contribution in [2.24, 2.45) is 0 Å². The van der Waals surface area contributed by atoms with Crippen molar-refractivity contribution in [3.8, 4) is 5.75 Å². The second-order valence-corrected chi connectivity index (χ2v) is 10.5. The molecular weight excluding hydrogens is 539 g/mol. The Hall–Kier alpha value is -4.47. The highest BCUT2D eigenvalue weighted by molar-refractivity contribution is 6.06. The number of amides is 1. The zero-order chi connectivity index (χ0) is 30.4. The molecule has 1 unspecified atom stereocenters. The number of carbonyl (C=O) groups is 4. The lowest BCUT2D eigenvalue weighted by atomic mass is 9.83. The molecule has 0 bridgehead atoms. The molecule has 0 saturated carbocycles. The minimum atomic E-state index is -4.87. The number of carboxylic acids is 1. The number of alkyl halides is 3. The van der Waals surface area contributed by atoms with Crippen LogP contribution in [0.2, 0.25) is 0 Å². The van der Waals surface area contributed by atoms with Gasteiger partial charge < -0.3 is 15.2 Å². The molecule has 1 amide bonds. The predicted molar refractivity (Wildman–Crippen MR) is 145 cm³/mol. The van der Waals surface area contributed by atoms with Crippen molar-refractivity contribution < 1.29 is 42.2 Å². The van der Waals surface area contributed by atoms with E-state index in [0.717, 1.165) is 17.7 Å². The van der Waals surface area contributed by atoms with Gasteiger partial charge in [-0.2, -0.15) is 0 Å². The van der Waals surface area contributed by atoms with Gasteiger partial charge in [-0.05, 0) is 52.9 Å². The molecule has 0 spiro atoms. The van der Waals surface area contributed by atoms with Gasteiger partial charge in [0.25, 0.3) is 5.91 Å². The summed E-state index contributed by atoms with van der Waals surface area (Å²) in [6.45, 7) is 6.06. The SMILES string of the molecule is CC(C)(C)c1ccc(C(=O)C(CC(=O)c2ccc(OC(F)(F)F)cc2)c2ccc(C(=O)NCCC(=O)O)cc2)cc1. The first-order valence-corrected chi connectivity index (χ1v) is 12.8. The van der Waals surface area contributed by atoms with Crippen LogP contribution < -0.4 is 10.1 Å². The molecule has 3 aromatic carbocycles. The molecule has 0 fully saturated rings. The Balaban J connectivity index is 1.87. The summed E-state index contributed by atoms with van der Waals surface area (Å²) in [6.07, 6.45) is -5.38. The van der Waals surface area contributed by atoms with Crippen molar-refractivity contribution >= 4 is 23.4 Å². The molecule has 0 heterocycles. The molecule has 3 aromatic rings. The Morgan fingerprint density at radius 1 is 0.805 bits per heavy atom. The van der Waals surface area contributed by atoms with Crippen molar-refractivity contribution in [3.63, 3.8) is 0 Å².